The van der Waals surface area contributed by atoms with Crippen LogP contribution in [0.3, 0.4) is 0 Å². The van der Waals surface area contributed by atoms with Crippen molar-refractivity contribution >= 4 is 29.3 Å². The second-order valence-electron chi connectivity index (χ2n) is 4.47. The lowest BCUT2D eigenvalue weighted by atomic mass is 10.2. The fourth-order valence-electron chi connectivity index (χ4n) is 1.72. The maximum absolute atomic E-state index is 11.9. The van der Waals surface area contributed by atoms with Gasteiger partial charge >= 0.3 is 5.97 Å². The van der Waals surface area contributed by atoms with Crippen molar-refractivity contribution in [2.75, 3.05) is 17.7 Å². The SMILES string of the molecule is CCOC(=O)c1cnc(SCC(=O)Nc2ccccc2C)[nH]1. The summed E-state index contributed by atoms with van der Waals surface area (Å²) in [6, 6.07) is 7.57. The Balaban J connectivity index is 1.86. The first kappa shape index (κ1) is 16.1. The topological polar surface area (TPSA) is 84.1 Å². The van der Waals surface area contributed by atoms with E-state index in [2.05, 4.69) is 15.3 Å². The molecule has 0 aliphatic rings. The van der Waals surface area contributed by atoms with Crippen molar-refractivity contribution in [3.8, 4) is 0 Å². The molecule has 1 heterocycles. The number of H-pyrrole nitrogens is 1. The van der Waals surface area contributed by atoms with Gasteiger partial charge in [-0.3, -0.25) is 4.79 Å². The maximum Gasteiger partial charge on any atom is 0.356 e. The number of benzene rings is 1. The second kappa shape index (κ2) is 7.65. The van der Waals surface area contributed by atoms with Gasteiger partial charge in [0.05, 0.1) is 18.6 Å². The number of ether oxygens (including phenoxy) is 1. The predicted octanol–water partition coefficient (Wildman–Crippen LogP) is 2.63. The number of nitrogens with one attached hydrogen (secondary N) is 2. The Morgan fingerprint density at radius 1 is 1.36 bits per heavy atom. The Bertz CT molecular complexity index is 670. The molecule has 2 aromatic rings. The largest absolute Gasteiger partial charge is 0.461 e. The molecular formula is C15H17N3O3S. The van der Waals surface area contributed by atoms with Gasteiger partial charge in [0.25, 0.3) is 0 Å². The Kier molecular flexibility index (Phi) is 5.60. The molecule has 6 nitrogen and oxygen atoms in total. The van der Waals surface area contributed by atoms with E-state index >= 15 is 0 Å². The quantitative estimate of drug-likeness (QED) is 0.631. The van der Waals surface area contributed by atoms with Crippen molar-refractivity contribution in [3.63, 3.8) is 0 Å². The highest BCUT2D eigenvalue weighted by molar-refractivity contribution is 7.99. The summed E-state index contributed by atoms with van der Waals surface area (Å²) in [5.41, 5.74) is 2.08. The minimum atomic E-state index is -0.453. The van der Waals surface area contributed by atoms with E-state index in [1.165, 1.54) is 18.0 Å². The van der Waals surface area contributed by atoms with Crippen LogP contribution in [0.15, 0.2) is 35.6 Å². The molecule has 1 aromatic heterocycles. The van der Waals surface area contributed by atoms with Crippen molar-refractivity contribution in [2.24, 2.45) is 0 Å². The van der Waals surface area contributed by atoms with Crippen molar-refractivity contribution in [1.82, 2.24) is 9.97 Å². The smallest absolute Gasteiger partial charge is 0.356 e. The number of rotatable bonds is 6. The molecule has 0 aliphatic carbocycles. The van der Waals surface area contributed by atoms with Crippen molar-refractivity contribution in [2.45, 2.75) is 19.0 Å². The average molecular weight is 319 g/mol. The average Bonchev–Trinajstić information content (AvgIpc) is 2.97. The molecule has 0 aliphatic heterocycles. The highest BCUT2D eigenvalue weighted by Gasteiger charge is 2.12. The first-order valence-corrected chi connectivity index (χ1v) is 7.79. The van der Waals surface area contributed by atoms with Crippen LogP contribution in [0.2, 0.25) is 0 Å². The summed E-state index contributed by atoms with van der Waals surface area (Å²) in [5.74, 6) is -0.385. The number of esters is 1. The van der Waals surface area contributed by atoms with Crippen LogP contribution in [0, 0.1) is 6.92 Å². The number of amides is 1. The highest BCUT2D eigenvalue weighted by atomic mass is 32.2. The molecule has 7 heteroatoms. The second-order valence-corrected chi connectivity index (χ2v) is 5.44. The molecule has 0 radical (unpaired) electrons. The Labute approximate surface area is 132 Å². The maximum atomic E-state index is 11.9. The third kappa shape index (κ3) is 4.36. The fourth-order valence-corrected chi connectivity index (χ4v) is 2.37. The summed E-state index contributed by atoms with van der Waals surface area (Å²) in [4.78, 5) is 30.3. The van der Waals surface area contributed by atoms with Gasteiger partial charge < -0.3 is 15.0 Å². The molecule has 0 bridgehead atoms. The summed E-state index contributed by atoms with van der Waals surface area (Å²) in [6.45, 7) is 3.97. The van der Waals surface area contributed by atoms with E-state index in [4.69, 9.17) is 4.74 Å². The van der Waals surface area contributed by atoms with Gasteiger partial charge in [-0.25, -0.2) is 9.78 Å². The first-order chi connectivity index (χ1) is 10.6. The summed E-state index contributed by atoms with van der Waals surface area (Å²) in [7, 11) is 0. The molecule has 0 fully saturated rings. The van der Waals surface area contributed by atoms with Gasteiger partial charge in [0, 0.05) is 5.69 Å². The number of carbonyl (C=O) groups excluding carboxylic acids is 2. The Morgan fingerprint density at radius 3 is 2.86 bits per heavy atom. The Morgan fingerprint density at radius 2 is 2.14 bits per heavy atom. The van der Waals surface area contributed by atoms with E-state index in [1.54, 1.807) is 6.92 Å². The molecule has 0 saturated carbocycles. The molecule has 22 heavy (non-hydrogen) atoms. The summed E-state index contributed by atoms with van der Waals surface area (Å²) in [5, 5.41) is 3.34. The van der Waals surface area contributed by atoms with Crippen LogP contribution in [-0.2, 0) is 9.53 Å². The minimum absolute atomic E-state index is 0.131. The molecule has 2 N–H and O–H groups in total. The van der Waals surface area contributed by atoms with Crippen molar-refractivity contribution in [1.29, 1.82) is 0 Å². The zero-order valence-corrected chi connectivity index (χ0v) is 13.2. The number of anilines is 1. The van der Waals surface area contributed by atoms with Crippen LogP contribution >= 0.6 is 11.8 Å². The zero-order valence-electron chi connectivity index (χ0n) is 12.4. The van der Waals surface area contributed by atoms with Gasteiger partial charge in [0.2, 0.25) is 5.91 Å². The number of aromatic nitrogens is 2. The monoisotopic (exact) mass is 319 g/mol. The third-order valence-corrected chi connectivity index (χ3v) is 3.69. The third-order valence-electron chi connectivity index (χ3n) is 2.81. The van der Waals surface area contributed by atoms with Crippen LogP contribution in [-0.4, -0.2) is 34.2 Å². The number of hydrogen-bond acceptors (Lipinski definition) is 5. The van der Waals surface area contributed by atoms with E-state index in [0.29, 0.717) is 11.8 Å². The summed E-state index contributed by atoms with van der Waals surface area (Å²) in [6.07, 6.45) is 1.40. The van der Waals surface area contributed by atoms with Gasteiger partial charge in [-0.15, -0.1) is 0 Å². The molecule has 0 spiro atoms. The van der Waals surface area contributed by atoms with Crippen LogP contribution < -0.4 is 5.32 Å². The van der Waals surface area contributed by atoms with Crippen molar-refractivity contribution in [3.05, 3.63) is 41.7 Å². The van der Waals surface area contributed by atoms with Gasteiger partial charge in [-0.05, 0) is 25.5 Å². The molecule has 0 atom stereocenters. The van der Waals surface area contributed by atoms with Crippen LogP contribution in [0.4, 0.5) is 5.69 Å². The standard InChI is InChI=1S/C15H17N3O3S/c1-3-21-14(20)12-8-16-15(18-12)22-9-13(19)17-11-7-5-4-6-10(11)2/h4-8H,3,9H2,1-2H3,(H,16,18)(H,17,19). The number of nitrogens with zero attached hydrogens (tertiary/aromatic N) is 1. The molecule has 2 rings (SSSR count). The predicted molar refractivity (Wildman–Crippen MR) is 85.1 cm³/mol. The van der Waals surface area contributed by atoms with Gasteiger partial charge in [-0.2, -0.15) is 0 Å². The van der Waals surface area contributed by atoms with Crippen molar-refractivity contribution < 1.29 is 14.3 Å². The number of carbonyl (C=O) groups is 2. The molecular weight excluding hydrogens is 302 g/mol. The highest BCUT2D eigenvalue weighted by Crippen LogP contribution is 2.17. The molecule has 0 unspecified atom stereocenters. The number of imidazole rings is 1. The molecule has 116 valence electrons. The van der Waals surface area contributed by atoms with E-state index in [-0.39, 0.29) is 17.4 Å². The number of hydrogen-bond donors (Lipinski definition) is 2. The zero-order chi connectivity index (χ0) is 15.9. The molecule has 1 amide bonds. The number of aryl methyl sites for hydroxylation is 1. The lowest BCUT2D eigenvalue weighted by Crippen LogP contribution is -2.14. The molecule has 1 aromatic carbocycles. The fraction of sp³-hybridized carbons (Fsp3) is 0.267. The van der Waals surface area contributed by atoms with Gasteiger partial charge in [0.1, 0.15) is 5.69 Å². The van der Waals surface area contributed by atoms with Gasteiger partial charge in [0.15, 0.2) is 5.16 Å². The Hall–Kier alpha value is -2.28. The minimum Gasteiger partial charge on any atom is -0.461 e. The first-order valence-electron chi connectivity index (χ1n) is 6.80. The molecule has 0 saturated heterocycles. The van der Waals surface area contributed by atoms with Crippen LogP contribution in [0.25, 0.3) is 0 Å². The van der Waals surface area contributed by atoms with Crippen LogP contribution in [0.1, 0.15) is 23.0 Å². The number of para-hydroxylation sites is 1. The van der Waals surface area contributed by atoms with Gasteiger partial charge in [-0.1, -0.05) is 30.0 Å². The summed E-state index contributed by atoms with van der Waals surface area (Å²) < 4.78 is 4.86. The lowest BCUT2D eigenvalue weighted by Gasteiger charge is -2.07. The lowest BCUT2D eigenvalue weighted by molar-refractivity contribution is -0.113. The van der Waals surface area contributed by atoms with E-state index < -0.39 is 5.97 Å². The van der Waals surface area contributed by atoms with E-state index in [0.717, 1.165) is 11.3 Å². The number of thioether (sulfide) groups is 1. The van der Waals surface area contributed by atoms with E-state index in [1.807, 2.05) is 31.2 Å². The van der Waals surface area contributed by atoms with E-state index in [9.17, 15) is 9.59 Å². The normalized spacial score (nSPS) is 10.3. The van der Waals surface area contributed by atoms with Crippen LogP contribution in [0.5, 0.6) is 0 Å². The number of aromatic amines is 1. The summed E-state index contributed by atoms with van der Waals surface area (Å²) >= 11 is 1.22.